The number of hydrogen-bond acceptors (Lipinski definition) is 4. The Morgan fingerprint density at radius 3 is 2.74 bits per heavy atom. The number of hydrogen-bond donors (Lipinski definition) is 1. The molecule has 0 spiro atoms. The molecule has 2 aliphatic heterocycles. The van der Waals surface area contributed by atoms with Gasteiger partial charge in [-0.25, -0.2) is 0 Å². The van der Waals surface area contributed by atoms with Crippen molar-refractivity contribution in [2.45, 2.75) is 26.6 Å². The van der Waals surface area contributed by atoms with Crippen molar-refractivity contribution in [2.75, 3.05) is 12.0 Å². The van der Waals surface area contributed by atoms with Gasteiger partial charge in [-0.05, 0) is 49.8 Å². The van der Waals surface area contributed by atoms with Gasteiger partial charge in [-0.2, -0.15) is 5.10 Å². The minimum absolute atomic E-state index is 0.138. The van der Waals surface area contributed by atoms with Crippen LogP contribution in [0.1, 0.15) is 23.9 Å². The minimum Gasteiger partial charge on any atom is -0.497 e. The third kappa shape index (κ3) is 2.20. The van der Waals surface area contributed by atoms with Crippen molar-refractivity contribution in [2.24, 2.45) is 5.10 Å². The van der Waals surface area contributed by atoms with Crippen LogP contribution in [-0.2, 0) is 6.54 Å². The van der Waals surface area contributed by atoms with Gasteiger partial charge in [-0.1, -0.05) is 12.1 Å². The van der Waals surface area contributed by atoms with Crippen LogP contribution in [0.25, 0.3) is 6.08 Å². The Kier molecular flexibility index (Phi) is 3.15. The highest BCUT2D eigenvalue weighted by molar-refractivity contribution is 6.01. The van der Waals surface area contributed by atoms with E-state index in [1.165, 1.54) is 22.6 Å². The predicted molar refractivity (Wildman–Crippen MR) is 92.8 cm³/mol. The summed E-state index contributed by atoms with van der Waals surface area (Å²) in [6, 6.07) is 10.5. The fourth-order valence-electron chi connectivity index (χ4n) is 3.28. The lowest BCUT2D eigenvalue weighted by Crippen LogP contribution is -2.39. The average Bonchev–Trinajstić information content (AvgIpc) is 3.09. The molecule has 0 amide bonds. The number of amidine groups is 1. The van der Waals surface area contributed by atoms with Gasteiger partial charge in [0.2, 0.25) is 0 Å². The Bertz CT molecular complexity index is 801. The summed E-state index contributed by atoms with van der Waals surface area (Å²) < 4.78 is 7.58. The smallest absolute Gasteiger partial charge is 0.140 e. The van der Waals surface area contributed by atoms with Gasteiger partial charge >= 0.3 is 0 Å². The van der Waals surface area contributed by atoms with Crippen LogP contribution in [0.15, 0.2) is 41.5 Å². The number of hydrazone groups is 1. The maximum Gasteiger partial charge on any atom is 0.140 e. The average molecular weight is 308 g/mol. The molecule has 5 nitrogen and oxygen atoms in total. The van der Waals surface area contributed by atoms with E-state index in [1.54, 1.807) is 7.11 Å². The summed E-state index contributed by atoms with van der Waals surface area (Å²) in [4.78, 5) is 2.24. The number of ether oxygens (including phenoxy) is 1. The van der Waals surface area contributed by atoms with Gasteiger partial charge < -0.3 is 14.2 Å². The highest BCUT2D eigenvalue weighted by Gasteiger charge is 2.31. The zero-order valence-corrected chi connectivity index (χ0v) is 13.6. The molecule has 2 aromatic rings. The van der Waals surface area contributed by atoms with Crippen molar-refractivity contribution in [3.63, 3.8) is 0 Å². The van der Waals surface area contributed by atoms with Crippen molar-refractivity contribution in [1.82, 2.24) is 9.99 Å². The summed E-state index contributed by atoms with van der Waals surface area (Å²) in [5.41, 5.74) is 8.09. The van der Waals surface area contributed by atoms with Gasteiger partial charge in [0, 0.05) is 12.2 Å². The van der Waals surface area contributed by atoms with Crippen LogP contribution >= 0.6 is 0 Å². The molecule has 23 heavy (non-hydrogen) atoms. The normalized spacial score (nSPS) is 18.3. The molecule has 1 aromatic heterocycles. The van der Waals surface area contributed by atoms with E-state index >= 15 is 0 Å². The van der Waals surface area contributed by atoms with Gasteiger partial charge in [0.15, 0.2) is 0 Å². The number of rotatable bonds is 3. The van der Waals surface area contributed by atoms with E-state index in [1.807, 2.05) is 19.1 Å². The molecule has 3 heterocycles. The number of nitrogens with zero attached hydrogens (tertiary/aromatic N) is 3. The number of nitrogens with one attached hydrogen (secondary N) is 1. The standard InChI is InChI=1S/C18H20N4O/c1-12-10-17-16(8-9-18-20-19-13(2)22(17)18)21(12)11-14-4-6-15(23-3)7-5-14/h4-10,18,20H,11H2,1-3H3. The molecule has 4 rings (SSSR count). The molecule has 5 heteroatoms. The van der Waals surface area contributed by atoms with Crippen LogP contribution in [0.3, 0.4) is 0 Å². The molecule has 2 aliphatic rings. The third-order valence-corrected chi connectivity index (χ3v) is 4.51. The molecule has 1 unspecified atom stereocenters. The molecule has 0 saturated heterocycles. The van der Waals surface area contributed by atoms with E-state index in [0.29, 0.717) is 0 Å². The number of fused-ring (bicyclic) bond motifs is 3. The van der Waals surface area contributed by atoms with E-state index < -0.39 is 0 Å². The molecule has 0 bridgehead atoms. The molecule has 0 aliphatic carbocycles. The van der Waals surface area contributed by atoms with Crippen molar-refractivity contribution in [3.8, 4) is 5.75 Å². The largest absolute Gasteiger partial charge is 0.497 e. The third-order valence-electron chi connectivity index (χ3n) is 4.51. The fourth-order valence-corrected chi connectivity index (χ4v) is 3.28. The molecule has 0 saturated carbocycles. The van der Waals surface area contributed by atoms with E-state index in [0.717, 1.165) is 18.1 Å². The minimum atomic E-state index is 0.138. The van der Waals surface area contributed by atoms with Crippen LogP contribution in [0, 0.1) is 6.92 Å². The molecule has 1 N–H and O–H groups in total. The monoisotopic (exact) mass is 308 g/mol. The lowest BCUT2D eigenvalue weighted by atomic mass is 10.1. The Morgan fingerprint density at radius 2 is 2.00 bits per heavy atom. The first kappa shape index (κ1) is 13.9. The predicted octanol–water partition coefficient (Wildman–Crippen LogP) is 2.95. The van der Waals surface area contributed by atoms with Crippen molar-refractivity contribution in [1.29, 1.82) is 0 Å². The highest BCUT2D eigenvalue weighted by atomic mass is 16.5. The first-order valence-corrected chi connectivity index (χ1v) is 7.77. The molecule has 118 valence electrons. The van der Waals surface area contributed by atoms with Crippen LogP contribution in [0.2, 0.25) is 0 Å². The quantitative estimate of drug-likeness (QED) is 0.948. The van der Waals surface area contributed by atoms with Crippen LogP contribution < -0.4 is 15.1 Å². The molecule has 0 fully saturated rings. The number of anilines is 1. The van der Waals surface area contributed by atoms with Gasteiger partial charge in [-0.15, -0.1) is 0 Å². The zero-order valence-electron chi connectivity index (χ0n) is 13.6. The lowest BCUT2D eigenvalue weighted by Gasteiger charge is -2.27. The zero-order chi connectivity index (χ0) is 16.0. The topological polar surface area (TPSA) is 41.8 Å². The number of aryl methyl sites for hydroxylation is 1. The van der Waals surface area contributed by atoms with Crippen LogP contribution in [0.5, 0.6) is 5.75 Å². The first-order chi connectivity index (χ1) is 11.2. The summed E-state index contributed by atoms with van der Waals surface area (Å²) in [6.07, 6.45) is 4.49. The summed E-state index contributed by atoms with van der Waals surface area (Å²) >= 11 is 0. The van der Waals surface area contributed by atoms with Gasteiger partial charge in [0.05, 0.1) is 18.5 Å². The second-order valence-electron chi connectivity index (χ2n) is 5.95. The number of aromatic nitrogens is 1. The molecule has 0 radical (unpaired) electrons. The second kappa shape index (κ2) is 5.19. The van der Waals surface area contributed by atoms with E-state index in [2.05, 4.69) is 57.3 Å². The molecule has 1 aromatic carbocycles. The SMILES string of the molecule is COc1ccc(Cn2c(C)cc3c2C=CC2NN=C(C)N32)cc1. The Labute approximate surface area is 135 Å². The van der Waals surface area contributed by atoms with E-state index in [-0.39, 0.29) is 6.17 Å². The van der Waals surface area contributed by atoms with Gasteiger partial charge in [0.1, 0.15) is 17.8 Å². The van der Waals surface area contributed by atoms with Crippen molar-refractivity contribution in [3.05, 3.63) is 53.4 Å². The maximum absolute atomic E-state index is 5.23. The molecular formula is C18H20N4O. The lowest BCUT2D eigenvalue weighted by molar-refractivity contribution is 0.414. The maximum atomic E-state index is 5.23. The van der Waals surface area contributed by atoms with E-state index in [9.17, 15) is 0 Å². The Morgan fingerprint density at radius 1 is 1.22 bits per heavy atom. The molecular weight excluding hydrogens is 288 g/mol. The van der Waals surface area contributed by atoms with Crippen molar-refractivity contribution >= 4 is 17.6 Å². The second-order valence-corrected chi connectivity index (χ2v) is 5.95. The highest BCUT2D eigenvalue weighted by Crippen LogP contribution is 2.34. The summed E-state index contributed by atoms with van der Waals surface area (Å²) in [5.74, 6) is 1.89. The Balaban J connectivity index is 1.70. The van der Waals surface area contributed by atoms with E-state index in [4.69, 9.17) is 4.74 Å². The number of methoxy groups -OCH3 is 1. The Hall–Kier alpha value is -2.69. The number of benzene rings is 1. The van der Waals surface area contributed by atoms with Crippen LogP contribution in [-0.4, -0.2) is 23.7 Å². The summed E-state index contributed by atoms with van der Waals surface area (Å²) in [7, 11) is 1.69. The van der Waals surface area contributed by atoms with Crippen LogP contribution in [0.4, 0.5) is 5.69 Å². The van der Waals surface area contributed by atoms with Gasteiger partial charge in [-0.3, -0.25) is 5.43 Å². The van der Waals surface area contributed by atoms with Crippen molar-refractivity contribution < 1.29 is 4.74 Å². The molecule has 1 atom stereocenters. The fraction of sp³-hybridized carbons (Fsp3) is 0.278. The van der Waals surface area contributed by atoms with Gasteiger partial charge in [0.25, 0.3) is 0 Å². The summed E-state index contributed by atoms with van der Waals surface area (Å²) in [6.45, 7) is 5.03. The summed E-state index contributed by atoms with van der Waals surface area (Å²) in [5, 5.41) is 4.34. The first-order valence-electron chi connectivity index (χ1n) is 7.77.